The zero-order valence-electron chi connectivity index (χ0n) is 7.14. The lowest BCUT2D eigenvalue weighted by molar-refractivity contribution is -0.876. The molecule has 3 heteroatoms. The molecule has 0 unspecified atom stereocenters. The quantitative estimate of drug-likeness (QED) is 0.328. The molecule has 0 N–H and O–H groups in total. The summed E-state index contributed by atoms with van der Waals surface area (Å²) >= 11 is 0. The Labute approximate surface area is 75.5 Å². The molecule has 4 rings (SSSR count). The molecule has 2 aliphatic heterocycles. The summed E-state index contributed by atoms with van der Waals surface area (Å²) in [5.74, 6) is 1.37. The summed E-state index contributed by atoms with van der Waals surface area (Å²) in [7, 11) is 0. The summed E-state index contributed by atoms with van der Waals surface area (Å²) < 4.78 is 6.92. The molecule has 0 spiro atoms. The van der Waals surface area contributed by atoms with Gasteiger partial charge in [0, 0.05) is 6.07 Å². The normalized spacial score (nSPS) is 15.1. The number of pyridine rings is 1. The van der Waals surface area contributed by atoms with Crippen LogP contribution in [-0.4, -0.2) is 4.57 Å². The predicted octanol–water partition coefficient (Wildman–Crippen LogP) is -0.0890. The van der Waals surface area contributed by atoms with E-state index in [-0.39, 0.29) is 0 Å². The lowest BCUT2D eigenvalue weighted by atomic mass is 10.2. The van der Waals surface area contributed by atoms with Crippen LogP contribution >= 0.6 is 0 Å². The molecule has 0 aliphatic carbocycles. The largest absolute Gasteiger partial charge is 0.360 e. The van der Waals surface area contributed by atoms with Crippen molar-refractivity contribution in [3.8, 4) is 11.5 Å². The topological polar surface area (TPSA) is 12.7 Å². The van der Waals surface area contributed by atoms with Gasteiger partial charge in [-0.15, -0.1) is 0 Å². The van der Waals surface area contributed by atoms with E-state index < -0.39 is 0 Å². The monoisotopic (exact) mass is 171 g/mol. The molecule has 62 valence electrons. The molecule has 0 atom stereocenters. The third kappa shape index (κ3) is 0.519. The van der Waals surface area contributed by atoms with Gasteiger partial charge in [0.25, 0.3) is 6.67 Å². The van der Waals surface area contributed by atoms with E-state index in [1.54, 1.807) is 0 Å². The Morgan fingerprint density at radius 3 is 3.23 bits per heavy atom. The summed E-state index contributed by atoms with van der Waals surface area (Å²) in [5, 5.41) is 0. The van der Waals surface area contributed by atoms with Crippen LogP contribution in [0.25, 0.3) is 11.5 Å². The highest BCUT2D eigenvalue weighted by molar-refractivity contribution is 5.54. The maximum Gasteiger partial charge on any atom is 0.360 e. The lowest BCUT2D eigenvalue weighted by Gasteiger charge is -1.89. The zero-order chi connectivity index (χ0) is 8.41. The van der Waals surface area contributed by atoms with Gasteiger partial charge >= 0.3 is 11.5 Å². The Morgan fingerprint density at radius 1 is 1.23 bits per heavy atom. The minimum absolute atomic E-state index is 0.978. The third-order valence-electron chi connectivity index (χ3n) is 2.98. The molecule has 2 aromatic rings. The number of aromatic nitrogens is 3. The summed E-state index contributed by atoms with van der Waals surface area (Å²) in [6.45, 7) is 2.02. The van der Waals surface area contributed by atoms with Gasteiger partial charge in [-0.05, 0) is 6.07 Å². The van der Waals surface area contributed by atoms with E-state index in [4.69, 9.17) is 0 Å². The molecule has 0 fully saturated rings. The smallest absolute Gasteiger partial charge is 0.220 e. The van der Waals surface area contributed by atoms with Crippen molar-refractivity contribution in [2.24, 2.45) is 0 Å². The van der Waals surface area contributed by atoms with E-state index >= 15 is 0 Å². The fraction of sp³-hybridized carbons (Fsp3) is 0.200. The molecule has 2 aromatic heterocycles. The summed E-state index contributed by atoms with van der Waals surface area (Å²) in [6.07, 6.45) is 6.48. The van der Waals surface area contributed by atoms with Crippen molar-refractivity contribution >= 4 is 0 Å². The van der Waals surface area contributed by atoms with Gasteiger partial charge in [-0.1, -0.05) is 0 Å². The summed E-state index contributed by atoms with van der Waals surface area (Å²) in [5.41, 5.74) is 2.86. The van der Waals surface area contributed by atoms with Crippen LogP contribution in [0.3, 0.4) is 0 Å². The summed E-state index contributed by atoms with van der Waals surface area (Å²) in [6, 6.07) is 4.35. The van der Waals surface area contributed by atoms with Gasteiger partial charge < -0.3 is 0 Å². The first kappa shape index (κ1) is 5.91. The molecule has 0 amide bonds. The minimum atomic E-state index is 0.978. The zero-order valence-corrected chi connectivity index (χ0v) is 7.14. The fourth-order valence-corrected chi connectivity index (χ4v) is 2.45. The van der Waals surface area contributed by atoms with Gasteiger partial charge in [0.2, 0.25) is 0 Å². The van der Waals surface area contributed by atoms with Crippen LogP contribution in [0, 0.1) is 0 Å². The molecule has 0 aromatic carbocycles. The first-order valence-corrected chi connectivity index (χ1v) is 4.54. The van der Waals surface area contributed by atoms with Gasteiger partial charge in [-0.25, -0.2) is 4.57 Å². The average Bonchev–Trinajstić information content (AvgIpc) is 2.72. The molecular formula is C10H9N3+2. The van der Waals surface area contributed by atoms with Crippen molar-refractivity contribution in [3.05, 3.63) is 36.3 Å². The fourth-order valence-electron chi connectivity index (χ4n) is 2.45. The number of imidazole rings is 1. The minimum Gasteiger partial charge on any atom is -0.220 e. The lowest BCUT2D eigenvalue weighted by Crippen LogP contribution is -2.44. The molecule has 13 heavy (non-hydrogen) atoms. The molecule has 3 nitrogen and oxygen atoms in total. The molecule has 0 bridgehead atoms. The number of rotatable bonds is 0. The Kier molecular flexibility index (Phi) is 0.757. The first-order chi connectivity index (χ1) is 6.43. The number of nitrogens with zero attached hydrogens (tertiary/aromatic N) is 3. The van der Waals surface area contributed by atoms with Crippen molar-refractivity contribution in [1.82, 2.24) is 4.57 Å². The van der Waals surface area contributed by atoms with Crippen LogP contribution in [0.4, 0.5) is 0 Å². The second-order valence-electron chi connectivity index (χ2n) is 3.71. The van der Waals surface area contributed by atoms with Crippen LogP contribution in [0.15, 0.2) is 30.7 Å². The van der Waals surface area contributed by atoms with Gasteiger partial charge in [-0.2, -0.15) is 9.13 Å². The van der Waals surface area contributed by atoms with E-state index in [9.17, 15) is 0 Å². The van der Waals surface area contributed by atoms with Crippen molar-refractivity contribution in [1.29, 1.82) is 0 Å². The van der Waals surface area contributed by atoms with E-state index in [0.717, 1.165) is 13.2 Å². The summed E-state index contributed by atoms with van der Waals surface area (Å²) in [4.78, 5) is 0. The van der Waals surface area contributed by atoms with Gasteiger partial charge in [-0.3, -0.25) is 0 Å². The maximum absolute atomic E-state index is 2.31. The van der Waals surface area contributed by atoms with Crippen molar-refractivity contribution < 1.29 is 9.13 Å². The highest BCUT2D eigenvalue weighted by Gasteiger charge is 2.43. The molecule has 0 saturated heterocycles. The Balaban J connectivity index is 2.25. The highest BCUT2D eigenvalue weighted by Crippen LogP contribution is 2.27. The van der Waals surface area contributed by atoms with Crippen LogP contribution in [-0.2, 0) is 13.2 Å². The van der Waals surface area contributed by atoms with Crippen molar-refractivity contribution in [3.63, 3.8) is 0 Å². The Morgan fingerprint density at radius 2 is 2.23 bits per heavy atom. The van der Waals surface area contributed by atoms with E-state index in [2.05, 4.69) is 44.4 Å². The van der Waals surface area contributed by atoms with Crippen LogP contribution in [0.5, 0.6) is 0 Å². The van der Waals surface area contributed by atoms with Crippen molar-refractivity contribution in [2.75, 3.05) is 0 Å². The standard InChI is InChI=1S/C10H9N3/c1-2-8-6-11-4-5-13-7-12(3-1)9(8)10(11)13/h1-5H,6-7H2/q+2. The van der Waals surface area contributed by atoms with Gasteiger partial charge in [0.05, 0.1) is 5.56 Å². The highest BCUT2D eigenvalue weighted by atomic mass is 15.3. The number of hydrogen-bond acceptors (Lipinski definition) is 0. The predicted molar refractivity (Wildman–Crippen MR) is 44.8 cm³/mol. The molecule has 2 aliphatic rings. The first-order valence-electron chi connectivity index (χ1n) is 4.54. The SMILES string of the molecule is c1cc2c3[n+](c1)C[n+]1ccn(c1-3)C2. The van der Waals surface area contributed by atoms with Crippen LogP contribution in [0.2, 0.25) is 0 Å². The second kappa shape index (κ2) is 1.66. The molecule has 0 saturated carbocycles. The third-order valence-corrected chi connectivity index (χ3v) is 2.98. The number of hydrogen-bond donors (Lipinski definition) is 0. The molecule has 4 heterocycles. The average molecular weight is 171 g/mol. The Bertz CT molecular complexity index is 483. The van der Waals surface area contributed by atoms with Crippen LogP contribution in [0.1, 0.15) is 5.56 Å². The molecule has 0 radical (unpaired) electrons. The van der Waals surface area contributed by atoms with E-state index in [1.165, 1.54) is 17.1 Å². The van der Waals surface area contributed by atoms with E-state index in [1.807, 2.05) is 0 Å². The van der Waals surface area contributed by atoms with Crippen LogP contribution < -0.4 is 9.13 Å². The Hall–Kier alpha value is -1.64. The van der Waals surface area contributed by atoms with E-state index in [0.29, 0.717) is 0 Å². The molecular weight excluding hydrogens is 162 g/mol. The van der Waals surface area contributed by atoms with Gasteiger partial charge in [0.1, 0.15) is 18.9 Å². The van der Waals surface area contributed by atoms with Gasteiger partial charge in [0.15, 0.2) is 6.20 Å². The van der Waals surface area contributed by atoms with Crippen molar-refractivity contribution in [2.45, 2.75) is 13.2 Å². The maximum atomic E-state index is 2.31. The second-order valence-corrected chi connectivity index (χ2v) is 3.71.